The summed E-state index contributed by atoms with van der Waals surface area (Å²) in [6, 6.07) is 0. The molecule has 2 aliphatic rings. The Morgan fingerprint density at radius 1 is 1.28 bits per heavy atom. The van der Waals surface area contributed by atoms with E-state index < -0.39 is 28.1 Å². The first kappa shape index (κ1) is 14.4. The Labute approximate surface area is 112 Å². The summed E-state index contributed by atoms with van der Waals surface area (Å²) < 4.78 is 43.0. The molecule has 1 saturated heterocycles. The number of thioether (sulfide) groups is 2. The molecule has 0 bridgehead atoms. The lowest BCUT2D eigenvalue weighted by molar-refractivity contribution is -0.188. The number of esters is 1. The number of rotatable bonds is 1. The standard InChI is InChI=1S/C11H15F3O2S2/c1-16-9(15)7-4-8(11(12,13)14)6-10(5-7)17-2-3-18-10/h7-8H,2-6H2,1H3/t7-,8+/m0/s1. The zero-order valence-electron chi connectivity index (χ0n) is 9.96. The van der Waals surface area contributed by atoms with E-state index in [0.29, 0.717) is 6.42 Å². The van der Waals surface area contributed by atoms with E-state index in [9.17, 15) is 18.0 Å². The maximum atomic E-state index is 12.9. The van der Waals surface area contributed by atoms with Crippen LogP contribution in [0.25, 0.3) is 0 Å². The molecule has 18 heavy (non-hydrogen) atoms. The molecule has 2 fully saturated rings. The molecule has 7 heteroatoms. The van der Waals surface area contributed by atoms with E-state index in [1.165, 1.54) is 7.11 Å². The molecule has 0 unspecified atom stereocenters. The van der Waals surface area contributed by atoms with Crippen molar-refractivity contribution in [2.24, 2.45) is 11.8 Å². The van der Waals surface area contributed by atoms with Crippen molar-refractivity contribution in [1.82, 2.24) is 0 Å². The minimum atomic E-state index is -4.22. The van der Waals surface area contributed by atoms with E-state index in [4.69, 9.17) is 0 Å². The number of carbonyl (C=O) groups is 1. The van der Waals surface area contributed by atoms with Gasteiger partial charge in [-0.05, 0) is 19.3 Å². The molecule has 2 rings (SSSR count). The van der Waals surface area contributed by atoms with Gasteiger partial charge in [0.05, 0.1) is 23.0 Å². The first-order valence-electron chi connectivity index (χ1n) is 5.79. The third-order valence-corrected chi connectivity index (χ3v) is 7.00. The molecule has 1 aliphatic heterocycles. The van der Waals surface area contributed by atoms with Gasteiger partial charge in [0.1, 0.15) is 0 Å². The van der Waals surface area contributed by atoms with E-state index in [1.807, 2.05) is 0 Å². The van der Waals surface area contributed by atoms with E-state index >= 15 is 0 Å². The van der Waals surface area contributed by atoms with E-state index in [0.717, 1.165) is 11.5 Å². The summed E-state index contributed by atoms with van der Waals surface area (Å²) in [6.45, 7) is 0. The predicted molar refractivity (Wildman–Crippen MR) is 66.5 cm³/mol. The van der Waals surface area contributed by atoms with Crippen molar-refractivity contribution < 1.29 is 22.7 Å². The topological polar surface area (TPSA) is 26.3 Å². The molecule has 104 valence electrons. The van der Waals surface area contributed by atoms with Gasteiger partial charge >= 0.3 is 12.1 Å². The van der Waals surface area contributed by atoms with Gasteiger partial charge < -0.3 is 4.74 Å². The van der Waals surface area contributed by atoms with Gasteiger partial charge in [0.25, 0.3) is 0 Å². The van der Waals surface area contributed by atoms with Crippen LogP contribution in [-0.2, 0) is 9.53 Å². The second-order valence-corrected chi connectivity index (χ2v) is 7.93. The zero-order chi connectivity index (χ0) is 13.4. The van der Waals surface area contributed by atoms with E-state index in [2.05, 4.69) is 4.74 Å². The number of hydrogen-bond donors (Lipinski definition) is 0. The van der Waals surface area contributed by atoms with Crippen LogP contribution in [0.4, 0.5) is 13.2 Å². The number of halogens is 3. The summed E-state index contributed by atoms with van der Waals surface area (Å²) in [4.78, 5) is 11.6. The number of alkyl halides is 3. The van der Waals surface area contributed by atoms with Crippen LogP contribution >= 0.6 is 23.5 Å². The Morgan fingerprint density at radius 3 is 2.39 bits per heavy atom. The van der Waals surface area contributed by atoms with Crippen molar-refractivity contribution in [2.75, 3.05) is 18.6 Å². The lowest BCUT2D eigenvalue weighted by Crippen LogP contribution is -2.41. The Bertz CT molecular complexity index is 327. The first-order chi connectivity index (χ1) is 8.36. The van der Waals surface area contributed by atoms with Gasteiger partial charge in [0, 0.05) is 11.5 Å². The van der Waals surface area contributed by atoms with Crippen molar-refractivity contribution >= 4 is 29.5 Å². The van der Waals surface area contributed by atoms with Crippen LogP contribution < -0.4 is 0 Å². The zero-order valence-corrected chi connectivity index (χ0v) is 11.6. The van der Waals surface area contributed by atoms with Gasteiger partial charge in [-0.1, -0.05) is 0 Å². The van der Waals surface area contributed by atoms with Crippen molar-refractivity contribution in [3.05, 3.63) is 0 Å². The SMILES string of the molecule is COC(=O)[C@H]1C[C@@H](C(F)(F)F)CC2(C1)SCCS2. The summed E-state index contributed by atoms with van der Waals surface area (Å²) >= 11 is 3.14. The van der Waals surface area contributed by atoms with Crippen LogP contribution in [0.15, 0.2) is 0 Å². The second kappa shape index (κ2) is 5.15. The number of ether oxygens (including phenoxy) is 1. The Balaban J connectivity index is 2.18. The molecule has 0 aromatic carbocycles. The lowest BCUT2D eigenvalue weighted by Gasteiger charge is -2.40. The predicted octanol–water partition coefficient (Wildman–Crippen LogP) is 3.31. The molecular weight excluding hydrogens is 285 g/mol. The molecule has 0 N–H and O–H groups in total. The maximum absolute atomic E-state index is 12.9. The number of methoxy groups -OCH3 is 1. The van der Waals surface area contributed by atoms with Gasteiger partial charge in [-0.25, -0.2) is 0 Å². The largest absolute Gasteiger partial charge is 0.469 e. The fourth-order valence-electron chi connectivity index (χ4n) is 2.67. The molecule has 2 atom stereocenters. The van der Waals surface area contributed by atoms with Crippen LogP contribution in [-0.4, -0.2) is 34.8 Å². The van der Waals surface area contributed by atoms with Crippen LogP contribution in [0, 0.1) is 11.8 Å². The van der Waals surface area contributed by atoms with Crippen molar-refractivity contribution in [3.8, 4) is 0 Å². The molecule has 0 aromatic heterocycles. The smallest absolute Gasteiger partial charge is 0.391 e. The van der Waals surface area contributed by atoms with Gasteiger partial charge in [-0.3, -0.25) is 4.79 Å². The fraction of sp³-hybridized carbons (Fsp3) is 0.909. The van der Waals surface area contributed by atoms with E-state index in [1.54, 1.807) is 23.5 Å². The molecule has 0 radical (unpaired) electrons. The molecule has 1 spiro atoms. The maximum Gasteiger partial charge on any atom is 0.391 e. The van der Waals surface area contributed by atoms with Crippen LogP contribution in [0.5, 0.6) is 0 Å². The average Bonchev–Trinajstić information content (AvgIpc) is 2.74. The highest BCUT2D eigenvalue weighted by Crippen LogP contribution is 2.58. The Kier molecular flexibility index (Phi) is 4.11. The van der Waals surface area contributed by atoms with Gasteiger partial charge in [0.15, 0.2) is 0 Å². The number of hydrogen-bond acceptors (Lipinski definition) is 4. The summed E-state index contributed by atoms with van der Waals surface area (Å²) in [6.07, 6.45) is -3.72. The summed E-state index contributed by atoms with van der Waals surface area (Å²) in [5, 5.41) is 0. The highest BCUT2D eigenvalue weighted by Gasteiger charge is 2.53. The van der Waals surface area contributed by atoms with Crippen molar-refractivity contribution in [1.29, 1.82) is 0 Å². The lowest BCUT2D eigenvalue weighted by atomic mass is 9.80. The minimum Gasteiger partial charge on any atom is -0.469 e. The molecule has 0 aromatic rings. The normalized spacial score (nSPS) is 31.6. The third kappa shape index (κ3) is 2.92. The van der Waals surface area contributed by atoms with Crippen molar-refractivity contribution in [3.63, 3.8) is 0 Å². The van der Waals surface area contributed by atoms with Gasteiger partial charge in [-0.2, -0.15) is 13.2 Å². The first-order valence-corrected chi connectivity index (χ1v) is 7.76. The van der Waals surface area contributed by atoms with Gasteiger partial charge in [0.2, 0.25) is 0 Å². The molecular formula is C11H15F3O2S2. The second-order valence-electron chi connectivity index (χ2n) is 4.71. The Hall–Kier alpha value is -0.0400. The molecule has 1 saturated carbocycles. The van der Waals surface area contributed by atoms with Crippen molar-refractivity contribution in [2.45, 2.75) is 29.5 Å². The summed E-state index contributed by atoms with van der Waals surface area (Å²) in [7, 11) is 1.24. The molecule has 1 aliphatic carbocycles. The van der Waals surface area contributed by atoms with Crippen LogP contribution in [0.1, 0.15) is 19.3 Å². The average molecular weight is 300 g/mol. The highest BCUT2D eigenvalue weighted by molar-refractivity contribution is 8.21. The summed E-state index contributed by atoms with van der Waals surface area (Å²) in [5.74, 6) is -0.773. The highest BCUT2D eigenvalue weighted by atomic mass is 32.2. The monoisotopic (exact) mass is 300 g/mol. The van der Waals surface area contributed by atoms with Gasteiger partial charge in [-0.15, -0.1) is 23.5 Å². The molecule has 2 nitrogen and oxygen atoms in total. The molecule has 0 amide bonds. The van der Waals surface area contributed by atoms with Crippen LogP contribution in [0.2, 0.25) is 0 Å². The van der Waals surface area contributed by atoms with E-state index in [-0.39, 0.29) is 12.8 Å². The number of carbonyl (C=O) groups excluding carboxylic acids is 1. The van der Waals surface area contributed by atoms with Crippen LogP contribution in [0.3, 0.4) is 0 Å². The minimum absolute atomic E-state index is 0.124. The Morgan fingerprint density at radius 2 is 1.89 bits per heavy atom. The summed E-state index contributed by atoms with van der Waals surface area (Å²) in [5.41, 5.74) is 0. The molecule has 1 heterocycles. The fourth-order valence-corrected chi connectivity index (χ4v) is 6.19. The quantitative estimate of drug-likeness (QED) is 0.694. The third-order valence-electron chi connectivity index (χ3n) is 3.49.